The zero-order valence-electron chi connectivity index (χ0n) is 2.72. The first-order valence-electron chi connectivity index (χ1n) is 0.612. The van der Waals surface area contributed by atoms with Gasteiger partial charge in [0.2, 0.25) is 0 Å². The summed E-state index contributed by atoms with van der Waals surface area (Å²) in [6.07, 6.45) is -2.33. The molecule has 0 aliphatic carbocycles. The maximum Gasteiger partial charge on any atom is 3.00 e. The molecule has 0 bridgehead atoms. The van der Waals surface area contributed by atoms with Gasteiger partial charge in [0, 0.05) is 0 Å². The van der Waals surface area contributed by atoms with Crippen LogP contribution in [0.5, 0.6) is 0 Å². The van der Waals surface area contributed by atoms with Crippen LogP contribution in [0.3, 0.4) is 0 Å². The number of rotatable bonds is 0. The van der Waals surface area contributed by atoms with Gasteiger partial charge in [0.05, 0.1) is 0 Å². The number of carbonyl (C=O) groups is 1. The SMILES string of the molecule is O.O=C([O-])[O-].[Nd+3]. The van der Waals surface area contributed by atoms with Gasteiger partial charge in [-0.1, -0.05) is 0 Å². The van der Waals surface area contributed by atoms with Crippen LogP contribution < -0.4 is 10.2 Å². The molecule has 4 nitrogen and oxygen atoms in total. The Morgan fingerprint density at radius 1 is 1.33 bits per heavy atom. The van der Waals surface area contributed by atoms with Crippen molar-refractivity contribution in [3.05, 3.63) is 0 Å². The van der Waals surface area contributed by atoms with E-state index in [0.717, 1.165) is 0 Å². The van der Waals surface area contributed by atoms with Crippen molar-refractivity contribution in [1.82, 2.24) is 0 Å². The van der Waals surface area contributed by atoms with E-state index in [1.54, 1.807) is 0 Å². The molecular formula is CH2NdO4+. The number of carbonyl (C=O) groups excluding carboxylic acids is 1. The van der Waals surface area contributed by atoms with Crippen LogP contribution in [0.25, 0.3) is 0 Å². The molecule has 0 aliphatic rings. The zero-order chi connectivity index (χ0) is 3.58. The Morgan fingerprint density at radius 3 is 1.33 bits per heavy atom. The standard InChI is InChI=1S/CH2O3.Nd.H2O/c2-1(3)4;;/h(H2,2,3,4);;1H2/q;+3;/p-2. The summed E-state index contributed by atoms with van der Waals surface area (Å²) in [5, 5.41) is 16.7. The molecule has 6 heavy (non-hydrogen) atoms. The van der Waals surface area contributed by atoms with Gasteiger partial charge in [0.1, 0.15) is 0 Å². The number of hydrogen-bond donors (Lipinski definition) is 0. The summed E-state index contributed by atoms with van der Waals surface area (Å²) in [6, 6.07) is 0. The predicted octanol–water partition coefficient (Wildman–Crippen LogP) is -3.27. The van der Waals surface area contributed by atoms with Gasteiger partial charge in [-0.2, -0.15) is 0 Å². The second kappa shape index (κ2) is 9.13. The van der Waals surface area contributed by atoms with Gasteiger partial charge in [-0.3, -0.25) is 0 Å². The minimum absolute atomic E-state index is 0. The topological polar surface area (TPSA) is 94.7 Å². The van der Waals surface area contributed by atoms with Gasteiger partial charge in [0.15, 0.2) is 0 Å². The molecule has 5 heteroatoms. The van der Waals surface area contributed by atoms with Crippen molar-refractivity contribution in [1.29, 1.82) is 0 Å². The Labute approximate surface area is 67.0 Å². The van der Waals surface area contributed by atoms with Crippen LogP contribution in [0.1, 0.15) is 0 Å². The van der Waals surface area contributed by atoms with E-state index in [1.807, 2.05) is 0 Å². The van der Waals surface area contributed by atoms with Crippen molar-refractivity contribution in [2.45, 2.75) is 0 Å². The molecule has 0 fully saturated rings. The maximum atomic E-state index is 8.33. The molecule has 1 radical (unpaired) electrons. The molecule has 0 unspecified atom stereocenters. The first-order chi connectivity index (χ1) is 1.73. The van der Waals surface area contributed by atoms with E-state index in [2.05, 4.69) is 0 Å². The first-order valence-corrected chi connectivity index (χ1v) is 0.612. The fourth-order valence-corrected chi connectivity index (χ4v) is 0. The smallest absolute Gasteiger partial charge is 0.652 e. The summed E-state index contributed by atoms with van der Waals surface area (Å²) in [5.74, 6) is 0. The Kier molecular flexibility index (Phi) is 24.3. The summed E-state index contributed by atoms with van der Waals surface area (Å²) in [4.78, 5) is 8.33. The zero-order valence-corrected chi connectivity index (χ0v) is 5.93. The van der Waals surface area contributed by atoms with Crippen LogP contribution in [0.15, 0.2) is 0 Å². The number of carboxylic acid groups (broad SMARTS) is 2. The molecular weight excluding hydrogens is 220 g/mol. The van der Waals surface area contributed by atoms with Crippen LogP contribution in [-0.2, 0) is 0 Å². The molecule has 0 aromatic rings. The van der Waals surface area contributed by atoms with E-state index >= 15 is 0 Å². The molecule has 0 heterocycles. The number of hydrogen-bond acceptors (Lipinski definition) is 3. The Morgan fingerprint density at radius 2 is 1.33 bits per heavy atom. The van der Waals surface area contributed by atoms with Crippen molar-refractivity contribution in [2.75, 3.05) is 0 Å². The predicted molar refractivity (Wildman–Crippen MR) is 9.01 cm³/mol. The van der Waals surface area contributed by atoms with Crippen molar-refractivity contribution >= 4 is 6.16 Å². The fourth-order valence-electron chi connectivity index (χ4n) is 0. The van der Waals surface area contributed by atoms with Gasteiger partial charge < -0.3 is 20.5 Å². The Balaban J connectivity index is -0.0000000450. The molecule has 0 aliphatic heterocycles. The molecule has 33 valence electrons. The van der Waals surface area contributed by atoms with Crippen molar-refractivity contribution < 1.29 is 61.3 Å². The Hall–Kier alpha value is 0.581. The first kappa shape index (κ1) is 16.0. The van der Waals surface area contributed by atoms with E-state index < -0.39 is 6.16 Å². The summed E-state index contributed by atoms with van der Waals surface area (Å²) in [5.41, 5.74) is 0. The van der Waals surface area contributed by atoms with Crippen LogP contribution in [0.2, 0.25) is 0 Å². The molecule has 0 atom stereocenters. The summed E-state index contributed by atoms with van der Waals surface area (Å²) in [6.45, 7) is 0. The fraction of sp³-hybridized carbons (Fsp3) is 0. The van der Waals surface area contributed by atoms with Gasteiger partial charge in [-0.25, -0.2) is 0 Å². The minimum atomic E-state index is -2.33. The van der Waals surface area contributed by atoms with Gasteiger partial charge >= 0.3 is 40.8 Å². The third-order valence-electron chi connectivity index (χ3n) is 0. The monoisotopic (exact) mass is 220 g/mol. The summed E-state index contributed by atoms with van der Waals surface area (Å²) < 4.78 is 0. The van der Waals surface area contributed by atoms with Crippen LogP contribution in [0, 0.1) is 40.8 Å². The van der Waals surface area contributed by atoms with Crippen LogP contribution in [-0.4, -0.2) is 11.6 Å². The average molecular weight is 222 g/mol. The van der Waals surface area contributed by atoms with E-state index in [4.69, 9.17) is 15.0 Å². The van der Waals surface area contributed by atoms with E-state index in [9.17, 15) is 0 Å². The van der Waals surface area contributed by atoms with Crippen molar-refractivity contribution in [3.63, 3.8) is 0 Å². The normalized spacial score (nSPS) is 4.00. The largest absolute Gasteiger partial charge is 3.00 e. The molecule has 0 saturated heterocycles. The van der Waals surface area contributed by atoms with Gasteiger partial charge in [-0.05, 0) is 6.16 Å². The minimum Gasteiger partial charge on any atom is -0.652 e. The second-order valence-electron chi connectivity index (χ2n) is 0.250. The molecule has 0 saturated carbocycles. The quantitative estimate of drug-likeness (QED) is 0.430. The summed E-state index contributed by atoms with van der Waals surface area (Å²) in [7, 11) is 0. The molecule has 0 rings (SSSR count). The third-order valence-corrected chi connectivity index (χ3v) is 0. The molecule has 0 amide bonds. The van der Waals surface area contributed by atoms with Gasteiger partial charge in [-0.15, -0.1) is 0 Å². The van der Waals surface area contributed by atoms with E-state index in [0.29, 0.717) is 0 Å². The van der Waals surface area contributed by atoms with Crippen molar-refractivity contribution in [2.24, 2.45) is 0 Å². The third kappa shape index (κ3) is 174. The summed E-state index contributed by atoms with van der Waals surface area (Å²) >= 11 is 0. The average Bonchev–Trinajstić information content (AvgIpc) is 0.811. The maximum absolute atomic E-state index is 8.33. The van der Waals surface area contributed by atoms with E-state index in [-0.39, 0.29) is 46.3 Å². The van der Waals surface area contributed by atoms with Crippen LogP contribution >= 0.6 is 0 Å². The second-order valence-corrected chi connectivity index (χ2v) is 0.250. The molecule has 0 aromatic heterocycles. The molecule has 2 N–H and O–H groups in total. The van der Waals surface area contributed by atoms with Crippen molar-refractivity contribution in [3.8, 4) is 0 Å². The molecule has 0 aromatic carbocycles. The van der Waals surface area contributed by atoms with Crippen LogP contribution in [0.4, 0.5) is 4.79 Å². The van der Waals surface area contributed by atoms with E-state index in [1.165, 1.54) is 0 Å². The Bertz CT molecular complexity index is 30.5. The molecule has 0 spiro atoms. The van der Waals surface area contributed by atoms with Gasteiger partial charge in [0.25, 0.3) is 0 Å².